The molecule has 18 heavy (non-hydrogen) atoms. The maximum Gasteiger partial charge on any atom is 0.274 e. The van der Waals surface area contributed by atoms with Crippen molar-refractivity contribution in [3.63, 3.8) is 0 Å². The first kappa shape index (κ1) is 10.9. The van der Waals surface area contributed by atoms with Gasteiger partial charge in [-0.1, -0.05) is 6.07 Å². The van der Waals surface area contributed by atoms with E-state index in [0.717, 1.165) is 16.6 Å². The van der Waals surface area contributed by atoms with Gasteiger partial charge >= 0.3 is 0 Å². The molecule has 0 amide bonds. The van der Waals surface area contributed by atoms with Gasteiger partial charge in [0, 0.05) is 0 Å². The molecule has 0 aliphatic carbocycles. The number of nitrogens with one attached hydrogen (secondary N) is 1. The zero-order valence-corrected chi connectivity index (χ0v) is 9.71. The number of nitrogens with zero attached hydrogens (tertiary/aromatic N) is 2. The van der Waals surface area contributed by atoms with Crippen molar-refractivity contribution in [2.24, 2.45) is 0 Å². The number of aromatic amines is 1. The number of fused-ring (bicyclic) bond motifs is 3. The summed E-state index contributed by atoms with van der Waals surface area (Å²) in [6.07, 6.45) is 3.17. The van der Waals surface area contributed by atoms with Crippen molar-refractivity contribution >= 4 is 16.6 Å². The van der Waals surface area contributed by atoms with Crippen LogP contribution in [0.4, 0.5) is 0 Å². The minimum Gasteiger partial charge on any atom is -0.319 e. The SMILES string of the molecule is COOCc1ccc2c(c1)[nH]c(=O)c1cncn12. The molecular weight excluding hydrogens is 234 g/mol. The summed E-state index contributed by atoms with van der Waals surface area (Å²) in [4.78, 5) is 28.0. The highest BCUT2D eigenvalue weighted by Crippen LogP contribution is 2.14. The highest BCUT2D eigenvalue weighted by molar-refractivity contribution is 5.78. The largest absolute Gasteiger partial charge is 0.319 e. The second-order valence-electron chi connectivity index (χ2n) is 3.88. The summed E-state index contributed by atoms with van der Waals surface area (Å²) in [7, 11) is 1.46. The Morgan fingerprint density at radius 3 is 3.11 bits per heavy atom. The van der Waals surface area contributed by atoms with Gasteiger partial charge < -0.3 is 4.98 Å². The number of aromatic nitrogens is 3. The van der Waals surface area contributed by atoms with E-state index in [1.54, 1.807) is 16.9 Å². The maximum absolute atomic E-state index is 11.8. The van der Waals surface area contributed by atoms with Gasteiger partial charge in [0.05, 0.1) is 30.7 Å². The van der Waals surface area contributed by atoms with E-state index in [0.29, 0.717) is 12.1 Å². The van der Waals surface area contributed by atoms with E-state index in [4.69, 9.17) is 4.89 Å². The molecule has 0 unspecified atom stereocenters. The first-order chi connectivity index (χ1) is 8.79. The molecule has 0 radical (unpaired) electrons. The number of benzene rings is 1. The van der Waals surface area contributed by atoms with Gasteiger partial charge in [-0.25, -0.2) is 14.8 Å². The Labute approximate surface area is 102 Å². The van der Waals surface area contributed by atoms with Crippen LogP contribution in [0.5, 0.6) is 0 Å². The highest BCUT2D eigenvalue weighted by atomic mass is 17.2. The molecule has 0 atom stereocenters. The van der Waals surface area contributed by atoms with E-state index in [-0.39, 0.29) is 5.56 Å². The van der Waals surface area contributed by atoms with Crippen LogP contribution in [0.15, 0.2) is 35.5 Å². The van der Waals surface area contributed by atoms with Crippen LogP contribution in [-0.4, -0.2) is 21.5 Å². The molecule has 6 nitrogen and oxygen atoms in total. The molecule has 92 valence electrons. The van der Waals surface area contributed by atoms with Crippen LogP contribution in [0.1, 0.15) is 5.56 Å². The van der Waals surface area contributed by atoms with Gasteiger partial charge in [0.2, 0.25) is 0 Å². The summed E-state index contributed by atoms with van der Waals surface area (Å²) < 4.78 is 1.76. The van der Waals surface area contributed by atoms with Gasteiger partial charge in [0.15, 0.2) is 0 Å². The minimum atomic E-state index is -0.162. The number of imidazole rings is 1. The Kier molecular flexibility index (Phi) is 2.58. The summed E-state index contributed by atoms with van der Waals surface area (Å²) in [5, 5.41) is 0. The van der Waals surface area contributed by atoms with E-state index < -0.39 is 0 Å². The molecule has 2 aromatic heterocycles. The fraction of sp³-hybridized carbons (Fsp3) is 0.167. The Morgan fingerprint density at radius 1 is 1.39 bits per heavy atom. The molecule has 0 fully saturated rings. The normalized spacial score (nSPS) is 11.4. The van der Waals surface area contributed by atoms with Gasteiger partial charge in [0.1, 0.15) is 12.1 Å². The second-order valence-corrected chi connectivity index (χ2v) is 3.88. The monoisotopic (exact) mass is 245 g/mol. The molecule has 0 aliphatic rings. The van der Waals surface area contributed by atoms with Crippen LogP contribution in [0.3, 0.4) is 0 Å². The summed E-state index contributed by atoms with van der Waals surface area (Å²) in [6, 6.07) is 5.68. The molecule has 3 aromatic rings. The van der Waals surface area contributed by atoms with Crippen LogP contribution in [0.25, 0.3) is 16.6 Å². The molecule has 1 aromatic carbocycles. The molecule has 0 saturated carbocycles. The predicted molar refractivity (Wildman–Crippen MR) is 65.1 cm³/mol. The number of hydrogen-bond donors (Lipinski definition) is 1. The van der Waals surface area contributed by atoms with Crippen molar-refractivity contribution in [1.29, 1.82) is 0 Å². The van der Waals surface area contributed by atoms with Gasteiger partial charge in [-0.05, 0) is 17.7 Å². The van der Waals surface area contributed by atoms with Crippen LogP contribution < -0.4 is 5.56 Å². The van der Waals surface area contributed by atoms with E-state index >= 15 is 0 Å². The van der Waals surface area contributed by atoms with E-state index in [1.165, 1.54) is 7.11 Å². The van der Waals surface area contributed by atoms with Crippen molar-refractivity contribution in [3.05, 3.63) is 46.6 Å². The van der Waals surface area contributed by atoms with Crippen molar-refractivity contribution in [2.45, 2.75) is 6.61 Å². The standard InChI is InChI=1S/C12H11N3O3/c1-17-18-6-8-2-3-10-9(4-8)14-12(16)11-5-13-7-15(10)11/h2-5,7H,6H2,1H3,(H,14,16). The maximum atomic E-state index is 11.8. The molecular formula is C12H11N3O3. The van der Waals surface area contributed by atoms with Gasteiger partial charge in [-0.15, -0.1) is 0 Å². The molecule has 6 heteroatoms. The van der Waals surface area contributed by atoms with Gasteiger partial charge in [0.25, 0.3) is 5.56 Å². The quantitative estimate of drug-likeness (QED) is 0.557. The molecule has 0 spiro atoms. The summed E-state index contributed by atoms with van der Waals surface area (Å²) in [5.41, 5.74) is 2.92. The molecule has 2 heterocycles. The van der Waals surface area contributed by atoms with Crippen LogP contribution >= 0.6 is 0 Å². The minimum absolute atomic E-state index is 0.162. The van der Waals surface area contributed by atoms with E-state index in [9.17, 15) is 4.79 Å². The van der Waals surface area contributed by atoms with Crippen LogP contribution in [0, 0.1) is 0 Å². The highest BCUT2D eigenvalue weighted by Gasteiger charge is 2.05. The lowest BCUT2D eigenvalue weighted by Gasteiger charge is -2.05. The second kappa shape index (κ2) is 4.25. The molecule has 0 bridgehead atoms. The summed E-state index contributed by atoms with van der Waals surface area (Å²) in [6.45, 7) is 0.330. The molecule has 3 rings (SSSR count). The topological polar surface area (TPSA) is 68.6 Å². The first-order valence-electron chi connectivity index (χ1n) is 5.42. The van der Waals surface area contributed by atoms with Gasteiger partial charge in [-0.2, -0.15) is 0 Å². The lowest BCUT2D eigenvalue weighted by atomic mass is 10.2. The van der Waals surface area contributed by atoms with Crippen molar-refractivity contribution < 1.29 is 9.78 Å². The third-order valence-electron chi connectivity index (χ3n) is 2.78. The number of H-pyrrole nitrogens is 1. The molecule has 1 N–H and O–H groups in total. The number of hydrogen-bond acceptors (Lipinski definition) is 4. The molecule has 0 saturated heterocycles. The Bertz CT molecular complexity index is 760. The van der Waals surface area contributed by atoms with Crippen LogP contribution in [0.2, 0.25) is 0 Å². The third-order valence-corrected chi connectivity index (χ3v) is 2.78. The zero-order chi connectivity index (χ0) is 12.5. The Balaban J connectivity index is 2.22. The predicted octanol–water partition coefficient (Wildman–Crippen LogP) is 1.25. The Hall–Kier alpha value is -2.18. The zero-order valence-electron chi connectivity index (χ0n) is 9.71. The van der Waals surface area contributed by atoms with Crippen molar-refractivity contribution in [2.75, 3.05) is 7.11 Å². The fourth-order valence-corrected chi connectivity index (χ4v) is 1.95. The van der Waals surface area contributed by atoms with Crippen molar-refractivity contribution in [1.82, 2.24) is 14.4 Å². The van der Waals surface area contributed by atoms with Crippen molar-refractivity contribution in [3.8, 4) is 0 Å². The Morgan fingerprint density at radius 2 is 2.28 bits per heavy atom. The lowest BCUT2D eigenvalue weighted by Crippen LogP contribution is -2.09. The van der Waals surface area contributed by atoms with E-state index in [2.05, 4.69) is 14.9 Å². The summed E-state index contributed by atoms with van der Waals surface area (Å²) >= 11 is 0. The average Bonchev–Trinajstić information content (AvgIpc) is 2.86. The molecule has 0 aliphatic heterocycles. The lowest BCUT2D eigenvalue weighted by molar-refractivity contribution is -0.282. The fourth-order valence-electron chi connectivity index (χ4n) is 1.95. The van der Waals surface area contributed by atoms with Gasteiger partial charge in [-0.3, -0.25) is 9.20 Å². The first-order valence-corrected chi connectivity index (χ1v) is 5.42. The van der Waals surface area contributed by atoms with E-state index in [1.807, 2.05) is 18.2 Å². The smallest absolute Gasteiger partial charge is 0.274 e. The van der Waals surface area contributed by atoms with Crippen LogP contribution in [-0.2, 0) is 16.4 Å². The summed E-state index contributed by atoms with van der Waals surface area (Å²) in [5.74, 6) is 0. The number of rotatable bonds is 3. The third kappa shape index (κ3) is 1.68. The average molecular weight is 245 g/mol.